The fraction of sp³-hybridized carbons (Fsp3) is 0.227. The Morgan fingerprint density at radius 1 is 1.10 bits per heavy atom. The first-order valence-electron chi connectivity index (χ1n) is 8.95. The summed E-state index contributed by atoms with van der Waals surface area (Å²) in [5.74, 6) is 0.704. The Bertz CT molecular complexity index is 961. The van der Waals surface area contributed by atoms with Crippen molar-refractivity contribution < 1.29 is 19.1 Å². The standard InChI is InChI=1S/C22H23N3O4/c1-15(26)17-5-4-6-19(12-17)25-14-18(13-23)22(27)24-10-9-16-7-8-20(28-2)21(11-16)29-3/h4-8,11-12,14,25H,9-10H2,1-3H3,(H,24,27)/b18-14-. The number of ether oxygens (including phenoxy) is 2. The van der Waals surface area contributed by atoms with Crippen LogP contribution in [-0.2, 0) is 11.2 Å². The number of amides is 1. The number of rotatable bonds is 9. The lowest BCUT2D eigenvalue weighted by Gasteiger charge is -2.10. The van der Waals surface area contributed by atoms with E-state index >= 15 is 0 Å². The second-order valence-electron chi connectivity index (χ2n) is 6.15. The first-order chi connectivity index (χ1) is 14.0. The number of benzene rings is 2. The maximum Gasteiger partial charge on any atom is 0.263 e. The molecule has 2 aromatic rings. The lowest BCUT2D eigenvalue weighted by atomic mass is 10.1. The normalized spacial score (nSPS) is 10.6. The molecule has 0 bridgehead atoms. The highest BCUT2D eigenvalue weighted by molar-refractivity contribution is 5.97. The number of carbonyl (C=O) groups excluding carboxylic acids is 2. The van der Waals surface area contributed by atoms with Gasteiger partial charge in [0.05, 0.1) is 14.2 Å². The maximum absolute atomic E-state index is 12.2. The minimum Gasteiger partial charge on any atom is -0.493 e. The highest BCUT2D eigenvalue weighted by atomic mass is 16.5. The minimum atomic E-state index is -0.483. The van der Waals surface area contributed by atoms with Gasteiger partial charge >= 0.3 is 0 Å². The molecule has 0 fully saturated rings. The number of ketones is 1. The molecule has 0 spiro atoms. The van der Waals surface area contributed by atoms with E-state index in [0.29, 0.717) is 35.7 Å². The molecule has 7 heteroatoms. The number of hydrogen-bond donors (Lipinski definition) is 2. The van der Waals surface area contributed by atoms with Crippen molar-refractivity contribution in [1.29, 1.82) is 5.26 Å². The predicted octanol–water partition coefficient (Wildman–Crippen LogP) is 3.08. The van der Waals surface area contributed by atoms with Crippen molar-refractivity contribution in [2.24, 2.45) is 0 Å². The first-order valence-corrected chi connectivity index (χ1v) is 8.95. The topological polar surface area (TPSA) is 100 Å². The Labute approximate surface area is 169 Å². The zero-order valence-corrected chi connectivity index (χ0v) is 16.6. The molecule has 150 valence electrons. The number of anilines is 1. The SMILES string of the molecule is COc1ccc(CCNC(=O)/C(C#N)=C\Nc2cccc(C(C)=O)c2)cc1OC. The van der Waals surface area contributed by atoms with Crippen LogP contribution in [0.3, 0.4) is 0 Å². The molecule has 0 aliphatic rings. The zero-order valence-electron chi connectivity index (χ0n) is 16.6. The summed E-state index contributed by atoms with van der Waals surface area (Å²) < 4.78 is 10.5. The Morgan fingerprint density at radius 3 is 2.52 bits per heavy atom. The van der Waals surface area contributed by atoms with Gasteiger partial charge in [-0.05, 0) is 43.2 Å². The molecule has 0 aromatic heterocycles. The number of methoxy groups -OCH3 is 2. The molecule has 2 rings (SSSR count). The summed E-state index contributed by atoms with van der Waals surface area (Å²) >= 11 is 0. The van der Waals surface area contributed by atoms with E-state index in [-0.39, 0.29) is 11.4 Å². The summed E-state index contributed by atoms with van der Waals surface area (Å²) in [6.07, 6.45) is 1.89. The number of carbonyl (C=O) groups is 2. The van der Waals surface area contributed by atoms with Gasteiger partial charge in [0.2, 0.25) is 0 Å². The second-order valence-corrected chi connectivity index (χ2v) is 6.15. The van der Waals surface area contributed by atoms with E-state index in [9.17, 15) is 14.9 Å². The van der Waals surface area contributed by atoms with Crippen molar-refractivity contribution in [3.05, 3.63) is 65.4 Å². The number of nitriles is 1. The molecule has 7 nitrogen and oxygen atoms in total. The fourth-order valence-electron chi connectivity index (χ4n) is 2.58. The first kappa shape index (κ1) is 21.5. The van der Waals surface area contributed by atoms with Crippen LogP contribution in [0.15, 0.2) is 54.2 Å². The quantitative estimate of drug-likeness (QED) is 0.386. The van der Waals surface area contributed by atoms with Crippen LogP contribution < -0.4 is 20.1 Å². The van der Waals surface area contributed by atoms with Gasteiger partial charge in [-0.2, -0.15) is 5.26 Å². The molecule has 0 saturated heterocycles. The molecule has 2 N–H and O–H groups in total. The molecule has 0 atom stereocenters. The molecule has 0 aliphatic heterocycles. The summed E-state index contributed by atoms with van der Waals surface area (Å²) in [5, 5.41) is 14.9. The molecule has 2 aromatic carbocycles. The molecule has 0 aliphatic carbocycles. The average molecular weight is 393 g/mol. The summed E-state index contributed by atoms with van der Waals surface area (Å²) in [6.45, 7) is 1.83. The van der Waals surface area contributed by atoms with Crippen molar-refractivity contribution in [2.45, 2.75) is 13.3 Å². The van der Waals surface area contributed by atoms with Crippen LogP contribution in [0.1, 0.15) is 22.8 Å². The maximum atomic E-state index is 12.2. The van der Waals surface area contributed by atoms with Gasteiger partial charge in [0.1, 0.15) is 11.6 Å². The molecule has 0 saturated carbocycles. The van der Waals surface area contributed by atoms with E-state index in [4.69, 9.17) is 9.47 Å². The van der Waals surface area contributed by atoms with Crippen LogP contribution in [0.2, 0.25) is 0 Å². The summed E-state index contributed by atoms with van der Waals surface area (Å²) in [6, 6.07) is 14.2. The van der Waals surface area contributed by atoms with E-state index in [1.54, 1.807) is 44.6 Å². The van der Waals surface area contributed by atoms with Gasteiger partial charge in [0.25, 0.3) is 5.91 Å². The van der Waals surface area contributed by atoms with E-state index in [0.717, 1.165) is 5.56 Å². The van der Waals surface area contributed by atoms with Crippen molar-refractivity contribution >= 4 is 17.4 Å². The van der Waals surface area contributed by atoms with Crippen molar-refractivity contribution in [1.82, 2.24) is 5.32 Å². The molecule has 0 heterocycles. The fourth-order valence-corrected chi connectivity index (χ4v) is 2.58. The van der Waals surface area contributed by atoms with Crippen molar-refractivity contribution in [3.8, 4) is 17.6 Å². The molecular formula is C22H23N3O4. The summed E-state index contributed by atoms with van der Waals surface area (Å²) in [5.41, 5.74) is 2.06. The van der Waals surface area contributed by atoms with Gasteiger partial charge in [-0.1, -0.05) is 18.2 Å². The van der Waals surface area contributed by atoms with Crippen LogP contribution in [0.4, 0.5) is 5.69 Å². The summed E-state index contributed by atoms with van der Waals surface area (Å²) in [7, 11) is 3.13. The van der Waals surface area contributed by atoms with Gasteiger partial charge in [0, 0.05) is 24.0 Å². The third-order valence-corrected chi connectivity index (χ3v) is 4.16. The number of nitrogens with zero attached hydrogens (tertiary/aromatic N) is 1. The largest absolute Gasteiger partial charge is 0.493 e. The van der Waals surface area contributed by atoms with Gasteiger partial charge in [-0.3, -0.25) is 9.59 Å². The second kappa shape index (κ2) is 10.5. The highest BCUT2D eigenvalue weighted by Crippen LogP contribution is 2.27. The van der Waals surface area contributed by atoms with E-state index in [1.165, 1.54) is 13.1 Å². The van der Waals surface area contributed by atoms with Crippen LogP contribution in [0.5, 0.6) is 11.5 Å². The Balaban J connectivity index is 1.94. The van der Waals surface area contributed by atoms with Crippen LogP contribution in [0, 0.1) is 11.3 Å². The highest BCUT2D eigenvalue weighted by Gasteiger charge is 2.09. The van der Waals surface area contributed by atoms with Gasteiger partial charge in [0.15, 0.2) is 17.3 Å². The Morgan fingerprint density at radius 2 is 1.86 bits per heavy atom. The predicted molar refractivity (Wildman–Crippen MR) is 110 cm³/mol. The molecule has 1 amide bonds. The third-order valence-electron chi connectivity index (χ3n) is 4.16. The third kappa shape index (κ3) is 6.11. The van der Waals surface area contributed by atoms with Crippen LogP contribution in [-0.4, -0.2) is 32.5 Å². The summed E-state index contributed by atoms with van der Waals surface area (Å²) in [4.78, 5) is 23.7. The lowest BCUT2D eigenvalue weighted by molar-refractivity contribution is -0.117. The molecule has 0 radical (unpaired) electrons. The van der Waals surface area contributed by atoms with Gasteiger partial charge in [-0.15, -0.1) is 0 Å². The van der Waals surface area contributed by atoms with E-state index < -0.39 is 5.91 Å². The molecule has 0 unspecified atom stereocenters. The van der Waals surface area contributed by atoms with E-state index in [1.807, 2.05) is 18.2 Å². The smallest absolute Gasteiger partial charge is 0.263 e. The lowest BCUT2D eigenvalue weighted by Crippen LogP contribution is -2.27. The van der Waals surface area contributed by atoms with E-state index in [2.05, 4.69) is 10.6 Å². The molecule has 29 heavy (non-hydrogen) atoms. The Kier molecular flexibility index (Phi) is 7.80. The van der Waals surface area contributed by atoms with Crippen molar-refractivity contribution in [3.63, 3.8) is 0 Å². The Hall–Kier alpha value is -3.79. The number of hydrogen-bond acceptors (Lipinski definition) is 6. The number of Topliss-reactive ketones (excluding diaryl/α,β-unsaturated/α-hetero) is 1. The monoisotopic (exact) mass is 393 g/mol. The minimum absolute atomic E-state index is 0.0639. The van der Waals surface area contributed by atoms with Crippen LogP contribution in [0.25, 0.3) is 0 Å². The van der Waals surface area contributed by atoms with Gasteiger partial charge < -0.3 is 20.1 Å². The molecular weight excluding hydrogens is 370 g/mol. The van der Waals surface area contributed by atoms with Crippen LogP contribution >= 0.6 is 0 Å². The van der Waals surface area contributed by atoms with Gasteiger partial charge in [-0.25, -0.2) is 0 Å². The number of nitrogens with one attached hydrogen (secondary N) is 2. The van der Waals surface area contributed by atoms with Crippen molar-refractivity contribution in [2.75, 3.05) is 26.1 Å². The average Bonchev–Trinajstić information content (AvgIpc) is 2.74. The zero-order chi connectivity index (χ0) is 21.2.